The van der Waals surface area contributed by atoms with E-state index in [4.69, 9.17) is 0 Å². The van der Waals surface area contributed by atoms with Crippen LogP contribution in [0.2, 0.25) is 0 Å². The number of sulfone groups is 1. The molecule has 11 heteroatoms. The Kier molecular flexibility index (Phi) is 7.08. The Morgan fingerprint density at radius 2 is 1.65 bits per heavy atom. The molecule has 0 saturated carbocycles. The van der Waals surface area contributed by atoms with Gasteiger partial charge >= 0.3 is 6.36 Å². The SMILES string of the molecule is Cc1cc(C(=O)Nc2ccc(OC(F)(F)F)cc2)nn1Cc1cccc(-c2ccc(S(C)(=O)=O)cc2)c1. The Bertz CT molecular complexity index is 1530. The lowest BCUT2D eigenvalue weighted by molar-refractivity contribution is -0.274. The number of aromatic nitrogens is 2. The molecule has 0 radical (unpaired) electrons. The Morgan fingerprint density at radius 3 is 2.27 bits per heavy atom. The Labute approximate surface area is 211 Å². The van der Waals surface area contributed by atoms with Crippen LogP contribution in [0.3, 0.4) is 0 Å². The van der Waals surface area contributed by atoms with Crippen molar-refractivity contribution >= 4 is 21.4 Å². The van der Waals surface area contributed by atoms with Crippen molar-refractivity contribution in [3.8, 4) is 16.9 Å². The van der Waals surface area contributed by atoms with Crippen LogP contribution in [0, 0.1) is 6.92 Å². The third-order valence-corrected chi connectivity index (χ3v) is 6.56. The summed E-state index contributed by atoms with van der Waals surface area (Å²) >= 11 is 0. The number of nitrogens with zero attached hydrogens (tertiary/aromatic N) is 2. The molecule has 37 heavy (non-hydrogen) atoms. The van der Waals surface area contributed by atoms with Crippen LogP contribution in [0.25, 0.3) is 11.1 Å². The van der Waals surface area contributed by atoms with E-state index in [1.54, 1.807) is 41.9 Å². The zero-order valence-corrected chi connectivity index (χ0v) is 20.6. The molecule has 1 heterocycles. The number of hydrogen-bond acceptors (Lipinski definition) is 5. The van der Waals surface area contributed by atoms with E-state index in [9.17, 15) is 26.4 Å². The molecule has 1 aromatic heterocycles. The van der Waals surface area contributed by atoms with Crippen molar-refractivity contribution in [2.24, 2.45) is 0 Å². The number of carbonyl (C=O) groups excluding carboxylic acids is 1. The van der Waals surface area contributed by atoms with Crippen molar-refractivity contribution in [3.63, 3.8) is 0 Å². The number of hydrogen-bond donors (Lipinski definition) is 1. The van der Waals surface area contributed by atoms with Crippen LogP contribution in [0.15, 0.2) is 83.8 Å². The van der Waals surface area contributed by atoms with E-state index in [-0.39, 0.29) is 16.3 Å². The lowest BCUT2D eigenvalue weighted by Gasteiger charge is -2.09. The number of benzene rings is 3. The number of aryl methyl sites for hydroxylation is 1. The summed E-state index contributed by atoms with van der Waals surface area (Å²) in [5, 5.41) is 6.98. The first-order valence-corrected chi connectivity index (χ1v) is 12.9. The van der Waals surface area contributed by atoms with E-state index >= 15 is 0 Å². The fraction of sp³-hybridized carbons (Fsp3) is 0.154. The standard InChI is InChI=1S/C26H22F3N3O4S/c1-17-14-24(25(33)30-21-8-10-22(11-9-21)36-26(27,28)29)31-32(17)16-18-4-3-5-20(15-18)19-6-12-23(13-7-19)37(2,34)35/h3-15H,16H2,1-2H3,(H,30,33). The van der Waals surface area contributed by atoms with E-state index in [0.717, 1.165) is 40.8 Å². The van der Waals surface area contributed by atoms with Crippen LogP contribution in [0.1, 0.15) is 21.7 Å². The molecule has 0 bridgehead atoms. The van der Waals surface area contributed by atoms with E-state index in [1.165, 1.54) is 12.1 Å². The monoisotopic (exact) mass is 529 g/mol. The minimum absolute atomic E-state index is 0.153. The summed E-state index contributed by atoms with van der Waals surface area (Å²) in [6.07, 6.45) is -3.63. The smallest absolute Gasteiger partial charge is 0.406 e. The maximum Gasteiger partial charge on any atom is 0.573 e. The molecule has 4 aromatic rings. The van der Waals surface area contributed by atoms with Gasteiger partial charge in [-0.15, -0.1) is 13.2 Å². The van der Waals surface area contributed by atoms with Crippen LogP contribution < -0.4 is 10.1 Å². The molecule has 0 aliphatic carbocycles. The minimum Gasteiger partial charge on any atom is -0.406 e. The maximum atomic E-state index is 12.6. The Hall–Kier alpha value is -4.12. The van der Waals surface area contributed by atoms with E-state index in [0.29, 0.717) is 12.2 Å². The summed E-state index contributed by atoms with van der Waals surface area (Å²) in [4.78, 5) is 12.9. The molecule has 3 aromatic carbocycles. The molecule has 0 saturated heterocycles. The van der Waals surface area contributed by atoms with Gasteiger partial charge in [-0.25, -0.2) is 8.42 Å². The summed E-state index contributed by atoms with van der Waals surface area (Å²) in [6, 6.07) is 20.7. The van der Waals surface area contributed by atoms with Crippen molar-refractivity contribution in [2.75, 3.05) is 11.6 Å². The first-order chi connectivity index (χ1) is 17.4. The summed E-state index contributed by atoms with van der Waals surface area (Å²) in [5.41, 5.74) is 3.86. The third-order valence-electron chi connectivity index (χ3n) is 5.43. The van der Waals surface area contributed by atoms with Crippen molar-refractivity contribution in [1.82, 2.24) is 9.78 Å². The highest BCUT2D eigenvalue weighted by Crippen LogP contribution is 2.25. The number of halogens is 3. The topological polar surface area (TPSA) is 90.3 Å². The maximum absolute atomic E-state index is 12.6. The van der Waals surface area contributed by atoms with Gasteiger partial charge in [0.05, 0.1) is 11.4 Å². The second-order valence-corrected chi connectivity index (χ2v) is 10.4. The molecule has 1 amide bonds. The first-order valence-electron chi connectivity index (χ1n) is 11.0. The lowest BCUT2D eigenvalue weighted by Crippen LogP contribution is -2.17. The van der Waals surface area contributed by atoms with Gasteiger partial charge in [-0.3, -0.25) is 9.48 Å². The van der Waals surface area contributed by atoms with E-state index in [1.807, 2.05) is 24.3 Å². The largest absolute Gasteiger partial charge is 0.573 e. The van der Waals surface area contributed by atoms with Crippen LogP contribution in [0.4, 0.5) is 18.9 Å². The van der Waals surface area contributed by atoms with Gasteiger partial charge in [0.25, 0.3) is 5.91 Å². The molecule has 1 N–H and O–H groups in total. The van der Waals surface area contributed by atoms with Crippen LogP contribution in [0.5, 0.6) is 5.75 Å². The molecule has 0 spiro atoms. The normalized spacial score (nSPS) is 11.8. The Balaban J connectivity index is 1.45. The second kappa shape index (κ2) is 10.1. The number of nitrogens with one attached hydrogen (secondary N) is 1. The number of anilines is 1. The third kappa shape index (κ3) is 6.76. The number of carbonyl (C=O) groups is 1. The number of rotatable bonds is 7. The van der Waals surface area contributed by atoms with Gasteiger partial charge < -0.3 is 10.1 Å². The predicted octanol–water partition coefficient (Wildman–Crippen LogP) is 5.46. The van der Waals surface area contributed by atoms with E-state index in [2.05, 4.69) is 15.2 Å². The van der Waals surface area contributed by atoms with Gasteiger partial charge in [-0.1, -0.05) is 30.3 Å². The minimum atomic E-state index is -4.79. The second-order valence-electron chi connectivity index (χ2n) is 8.35. The average Bonchev–Trinajstić information content (AvgIpc) is 3.19. The van der Waals surface area contributed by atoms with Gasteiger partial charge in [0.1, 0.15) is 5.75 Å². The molecule has 7 nitrogen and oxygen atoms in total. The highest BCUT2D eigenvalue weighted by molar-refractivity contribution is 7.90. The molecular formula is C26H22F3N3O4S. The number of alkyl halides is 3. The lowest BCUT2D eigenvalue weighted by atomic mass is 10.0. The quantitative estimate of drug-likeness (QED) is 0.343. The molecule has 0 aliphatic rings. The van der Waals surface area contributed by atoms with Crippen LogP contribution >= 0.6 is 0 Å². The van der Waals surface area contributed by atoms with Gasteiger partial charge in [-0.2, -0.15) is 5.10 Å². The summed E-state index contributed by atoms with van der Waals surface area (Å²) in [7, 11) is -3.28. The molecule has 4 rings (SSSR count). The number of amides is 1. The Morgan fingerprint density at radius 1 is 0.973 bits per heavy atom. The summed E-state index contributed by atoms with van der Waals surface area (Å²) in [5.74, 6) is -0.898. The van der Waals surface area contributed by atoms with Crippen LogP contribution in [-0.4, -0.2) is 36.7 Å². The highest BCUT2D eigenvalue weighted by Gasteiger charge is 2.31. The molecule has 192 valence electrons. The van der Waals surface area contributed by atoms with Gasteiger partial charge in [-0.05, 0) is 72.1 Å². The van der Waals surface area contributed by atoms with Crippen molar-refractivity contribution < 1.29 is 31.1 Å². The van der Waals surface area contributed by atoms with Crippen molar-refractivity contribution in [3.05, 3.63) is 95.8 Å². The number of ether oxygens (including phenoxy) is 1. The summed E-state index contributed by atoms with van der Waals surface area (Å²) < 4.78 is 65.8. The molecular weight excluding hydrogens is 507 g/mol. The molecule has 0 atom stereocenters. The van der Waals surface area contributed by atoms with Crippen molar-refractivity contribution in [1.29, 1.82) is 0 Å². The van der Waals surface area contributed by atoms with Crippen LogP contribution in [-0.2, 0) is 16.4 Å². The average molecular weight is 530 g/mol. The van der Waals surface area contributed by atoms with Gasteiger partial charge in [0.15, 0.2) is 15.5 Å². The molecule has 0 aliphatic heterocycles. The molecule has 0 fully saturated rings. The predicted molar refractivity (Wildman–Crippen MR) is 132 cm³/mol. The van der Waals surface area contributed by atoms with Gasteiger partial charge in [0.2, 0.25) is 0 Å². The zero-order valence-electron chi connectivity index (χ0n) is 19.8. The summed E-state index contributed by atoms with van der Waals surface area (Å²) in [6.45, 7) is 2.19. The fourth-order valence-corrected chi connectivity index (χ4v) is 4.26. The highest BCUT2D eigenvalue weighted by atomic mass is 32.2. The molecule has 0 unspecified atom stereocenters. The van der Waals surface area contributed by atoms with Crippen molar-refractivity contribution in [2.45, 2.75) is 24.7 Å². The van der Waals surface area contributed by atoms with Gasteiger partial charge in [0, 0.05) is 17.6 Å². The fourth-order valence-electron chi connectivity index (χ4n) is 3.63. The zero-order chi connectivity index (χ0) is 26.8. The van der Waals surface area contributed by atoms with E-state index < -0.39 is 22.1 Å². The first kappa shape index (κ1) is 26.0.